The van der Waals surface area contributed by atoms with Gasteiger partial charge in [0.25, 0.3) is 0 Å². The molecule has 0 saturated heterocycles. The van der Waals surface area contributed by atoms with E-state index in [1.165, 1.54) is 10.9 Å². The zero-order valence-corrected chi connectivity index (χ0v) is 9.27. The summed E-state index contributed by atoms with van der Waals surface area (Å²) in [5.74, 6) is 0. The molecule has 2 aromatic rings. The maximum Gasteiger partial charge on any atom is 0.0702 e. The second kappa shape index (κ2) is 4.41. The van der Waals surface area contributed by atoms with Crippen LogP contribution in [-0.4, -0.2) is 23.5 Å². The first-order valence-corrected chi connectivity index (χ1v) is 5.32. The van der Waals surface area contributed by atoms with Crippen LogP contribution >= 0.6 is 0 Å². The minimum atomic E-state index is 0.967. The maximum atomic E-state index is 4.44. The average Bonchev–Trinajstić information content (AvgIpc) is 2.29. The summed E-state index contributed by atoms with van der Waals surface area (Å²) in [6, 6.07) is 10.4. The fourth-order valence-corrected chi connectivity index (χ4v) is 1.63. The quantitative estimate of drug-likeness (QED) is 0.757. The van der Waals surface area contributed by atoms with E-state index < -0.39 is 0 Å². The Morgan fingerprint density at radius 2 is 2.07 bits per heavy atom. The van der Waals surface area contributed by atoms with E-state index in [4.69, 9.17) is 0 Å². The van der Waals surface area contributed by atoms with Gasteiger partial charge < -0.3 is 4.90 Å². The van der Waals surface area contributed by atoms with Crippen molar-refractivity contribution in [1.82, 2.24) is 9.88 Å². The lowest BCUT2D eigenvalue weighted by atomic mass is 10.1. The zero-order chi connectivity index (χ0) is 10.7. The van der Waals surface area contributed by atoms with Gasteiger partial charge in [0.2, 0.25) is 0 Å². The lowest BCUT2D eigenvalue weighted by Crippen LogP contribution is -2.16. The van der Waals surface area contributed by atoms with Gasteiger partial charge in [-0.15, -0.1) is 0 Å². The molecule has 0 saturated carbocycles. The summed E-state index contributed by atoms with van der Waals surface area (Å²) in [6.07, 6.45) is 1.97. The molecule has 0 bridgehead atoms. The molecule has 0 atom stereocenters. The van der Waals surface area contributed by atoms with Crippen LogP contribution in [0.3, 0.4) is 0 Å². The van der Waals surface area contributed by atoms with Crippen molar-refractivity contribution in [3.8, 4) is 0 Å². The molecule has 0 aliphatic heterocycles. The highest BCUT2D eigenvalue weighted by Gasteiger charge is 1.99. The van der Waals surface area contributed by atoms with Gasteiger partial charge >= 0.3 is 0 Å². The summed E-state index contributed by atoms with van der Waals surface area (Å²) in [4.78, 5) is 6.71. The van der Waals surface area contributed by atoms with E-state index in [1.54, 1.807) is 0 Å². The van der Waals surface area contributed by atoms with Crippen LogP contribution in [0.25, 0.3) is 10.9 Å². The predicted octanol–water partition coefficient (Wildman–Crippen LogP) is 2.69. The third kappa shape index (κ3) is 2.34. The van der Waals surface area contributed by atoms with Crippen molar-refractivity contribution in [1.29, 1.82) is 0 Å². The molecule has 2 heteroatoms. The molecule has 1 aromatic heterocycles. The number of fused-ring (bicyclic) bond motifs is 1. The van der Waals surface area contributed by atoms with E-state index in [0.29, 0.717) is 0 Å². The average molecular weight is 200 g/mol. The summed E-state index contributed by atoms with van der Waals surface area (Å²) in [6.45, 7) is 4.19. The zero-order valence-electron chi connectivity index (χ0n) is 9.27. The topological polar surface area (TPSA) is 16.1 Å². The van der Waals surface area contributed by atoms with Crippen molar-refractivity contribution in [3.05, 3.63) is 42.1 Å². The number of rotatable bonds is 3. The Labute approximate surface area is 90.6 Å². The number of hydrogen-bond acceptors (Lipinski definition) is 2. The molecule has 78 valence electrons. The fraction of sp³-hybridized carbons (Fsp3) is 0.308. The van der Waals surface area contributed by atoms with Gasteiger partial charge in [0.1, 0.15) is 0 Å². The minimum absolute atomic E-state index is 0.967. The molecule has 0 aliphatic rings. The van der Waals surface area contributed by atoms with Crippen LogP contribution in [0, 0.1) is 0 Å². The van der Waals surface area contributed by atoms with Crippen molar-refractivity contribution in [3.63, 3.8) is 0 Å². The second-order valence-corrected chi connectivity index (χ2v) is 3.87. The standard InChI is InChI=1S/C13H16N2/c1-3-15(2)10-11-8-12-6-4-5-7-13(12)14-9-11/h4-9H,3,10H2,1-2H3. The van der Waals surface area contributed by atoms with Crippen LogP contribution in [0.4, 0.5) is 0 Å². The summed E-state index contributed by atoms with van der Waals surface area (Å²) >= 11 is 0. The van der Waals surface area contributed by atoms with Crippen molar-refractivity contribution in [2.45, 2.75) is 13.5 Å². The lowest BCUT2D eigenvalue weighted by Gasteiger charge is -2.13. The molecular weight excluding hydrogens is 184 g/mol. The van der Waals surface area contributed by atoms with Gasteiger partial charge in [0.05, 0.1) is 5.52 Å². The number of hydrogen-bond donors (Lipinski definition) is 0. The Morgan fingerprint density at radius 1 is 1.27 bits per heavy atom. The van der Waals surface area contributed by atoms with Crippen LogP contribution in [0.5, 0.6) is 0 Å². The van der Waals surface area contributed by atoms with E-state index in [0.717, 1.165) is 18.6 Å². The van der Waals surface area contributed by atoms with Gasteiger partial charge in [0.15, 0.2) is 0 Å². The van der Waals surface area contributed by atoms with Crippen LogP contribution in [0.15, 0.2) is 36.5 Å². The number of para-hydroxylation sites is 1. The van der Waals surface area contributed by atoms with Crippen molar-refractivity contribution in [2.24, 2.45) is 0 Å². The van der Waals surface area contributed by atoms with Gasteiger partial charge in [-0.2, -0.15) is 0 Å². The molecule has 15 heavy (non-hydrogen) atoms. The van der Waals surface area contributed by atoms with E-state index in [2.05, 4.69) is 42.1 Å². The molecular formula is C13H16N2. The van der Waals surface area contributed by atoms with Crippen LogP contribution in [-0.2, 0) is 6.54 Å². The van der Waals surface area contributed by atoms with E-state index in [-0.39, 0.29) is 0 Å². The van der Waals surface area contributed by atoms with Crippen LogP contribution in [0.2, 0.25) is 0 Å². The molecule has 1 heterocycles. The Balaban J connectivity index is 2.30. The van der Waals surface area contributed by atoms with Gasteiger partial charge in [0, 0.05) is 18.1 Å². The number of aromatic nitrogens is 1. The Hall–Kier alpha value is -1.41. The summed E-state index contributed by atoms with van der Waals surface area (Å²) in [7, 11) is 2.12. The highest BCUT2D eigenvalue weighted by Crippen LogP contribution is 2.13. The largest absolute Gasteiger partial charge is 0.302 e. The number of benzene rings is 1. The molecule has 0 radical (unpaired) electrons. The Kier molecular flexibility index (Phi) is 2.97. The first-order valence-electron chi connectivity index (χ1n) is 5.32. The minimum Gasteiger partial charge on any atom is -0.302 e. The Bertz CT molecular complexity index is 451. The number of nitrogens with zero attached hydrogens (tertiary/aromatic N) is 2. The van der Waals surface area contributed by atoms with Gasteiger partial charge in [-0.1, -0.05) is 25.1 Å². The highest BCUT2D eigenvalue weighted by molar-refractivity contribution is 5.78. The third-order valence-corrected chi connectivity index (χ3v) is 2.64. The van der Waals surface area contributed by atoms with Crippen molar-refractivity contribution < 1.29 is 0 Å². The third-order valence-electron chi connectivity index (χ3n) is 2.64. The maximum absolute atomic E-state index is 4.44. The SMILES string of the molecule is CCN(C)Cc1cnc2ccccc2c1. The molecule has 0 unspecified atom stereocenters. The summed E-state index contributed by atoms with van der Waals surface area (Å²) < 4.78 is 0. The van der Waals surface area contributed by atoms with Crippen LogP contribution < -0.4 is 0 Å². The van der Waals surface area contributed by atoms with Gasteiger partial charge in [-0.3, -0.25) is 4.98 Å². The normalized spacial score (nSPS) is 11.1. The van der Waals surface area contributed by atoms with E-state index in [9.17, 15) is 0 Å². The smallest absolute Gasteiger partial charge is 0.0702 e. The molecule has 0 N–H and O–H groups in total. The Morgan fingerprint density at radius 3 is 2.87 bits per heavy atom. The van der Waals surface area contributed by atoms with E-state index in [1.807, 2.05) is 18.3 Å². The van der Waals surface area contributed by atoms with Crippen LogP contribution in [0.1, 0.15) is 12.5 Å². The lowest BCUT2D eigenvalue weighted by molar-refractivity contribution is 0.345. The monoisotopic (exact) mass is 200 g/mol. The van der Waals surface area contributed by atoms with Crippen molar-refractivity contribution >= 4 is 10.9 Å². The van der Waals surface area contributed by atoms with E-state index >= 15 is 0 Å². The van der Waals surface area contributed by atoms with Gasteiger partial charge in [-0.05, 0) is 31.3 Å². The molecule has 0 aliphatic carbocycles. The fourth-order valence-electron chi connectivity index (χ4n) is 1.63. The number of pyridine rings is 1. The van der Waals surface area contributed by atoms with Crippen molar-refractivity contribution in [2.75, 3.05) is 13.6 Å². The molecule has 0 spiro atoms. The summed E-state index contributed by atoms with van der Waals surface area (Å²) in [5, 5.41) is 1.22. The first kappa shape index (κ1) is 10.1. The highest BCUT2D eigenvalue weighted by atomic mass is 15.1. The summed E-state index contributed by atoms with van der Waals surface area (Å²) in [5.41, 5.74) is 2.35. The molecule has 2 rings (SSSR count). The molecule has 0 fully saturated rings. The molecule has 1 aromatic carbocycles. The first-order chi connectivity index (χ1) is 7.29. The molecule has 2 nitrogen and oxygen atoms in total. The predicted molar refractivity (Wildman–Crippen MR) is 63.8 cm³/mol. The molecule has 0 amide bonds. The second-order valence-electron chi connectivity index (χ2n) is 3.87. The van der Waals surface area contributed by atoms with Gasteiger partial charge in [-0.25, -0.2) is 0 Å².